The molecule has 1 heterocycles. The van der Waals surface area contributed by atoms with Gasteiger partial charge in [-0.2, -0.15) is 0 Å². The number of nitrogens with zero attached hydrogens (tertiary/aromatic N) is 1. The van der Waals surface area contributed by atoms with Gasteiger partial charge >= 0.3 is 5.97 Å². The first kappa shape index (κ1) is 10.4. The summed E-state index contributed by atoms with van der Waals surface area (Å²) < 4.78 is 5.04. The van der Waals surface area contributed by atoms with Gasteiger partial charge in [-0.15, -0.1) is 0 Å². The normalized spacial score (nSPS) is 12.3. The van der Waals surface area contributed by atoms with Crippen molar-refractivity contribution in [2.24, 2.45) is 0 Å². The average molecular weight is 217 g/mol. The summed E-state index contributed by atoms with van der Waals surface area (Å²) in [6.45, 7) is 1.71. The van der Waals surface area contributed by atoms with Crippen molar-refractivity contribution in [2.45, 2.75) is 12.8 Å². The fraction of sp³-hybridized carbons (Fsp3) is 0.167. The molecule has 0 aliphatic heterocycles. The molecule has 0 fully saturated rings. The summed E-state index contributed by atoms with van der Waals surface area (Å²) in [5, 5.41) is 9.24. The number of hydrogen-bond acceptors (Lipinski definition) is 3. The molecule has 0 radical (unpaired) electrons. The van der Waals surface area contributed by atoms with Gasteiger partial charge in [0.15, 0.2) is 6.39 Å². The summed E-state index contributed by atoms with van der Waals surface area (Å²) >= 11 is 0. The number of carboxylic acid groups (broad SMARTS) is 1. The minimum atomic E-state index is -0.928. The Bertz CT molecular complexity index is 490. The molecular weight excluding hydrogens is 206 g/mol. The summed E-state index contributed by atoms with van der Waals surface area (Å²) in [5.41, 5.74) is 1.16. The Morgan fingerprint density at radius 1 is 1.38 bits per heavy atom. The predicted molar refractivity (Wildman–Crippen MR) is 57.2 cm³/mol. The lowest BCUT2D eigenvalue weighted by Gasteiger charge is -2.10. The number of carbonyl (C=O) groups is 1. The number of rotatable bonds is 3. The highest BCUT2D eigenvalue weighted by Crippen LogP contribution is 2.25. The van der Waals surface area contributed by atoms with Gasteiger partial charge in [0, 0.05) is 0 Å². The fourth-order valence-corrected chi connectivity index (χ4v) is 1.65. The minimum absolute atomic E-state index is 0.457. The second kappa shape index (κ2) is 4.18. The van der Waals surface area contributed by atoms with Crippen molar-refractivity contribution in [3.8, 4) is 0 Å². The third-order valence-corrected chi connectivity index (χ3v) is 2.44. The number of aryl methyl sites for hydroxylation is 1. The van der Waals surface area contributed by atoms with Crippen LogP contribution >= 0.6 is 0 Å². The van der Waals surface area contributed by atoms with Gasteiger partial charge in [0.2, 0.25) is 0 Å². The monoisotopic (exact) mass is 217 g/mol. The highest BCUT2D eigenvalue weighted by atomic mass is 16.4. The van der Waals surface area contributed by atoms with Crippen molar-refractivity contribution in [1.82, 2.24) is 4.98 Å². The summed E-state index contributed by atoms with van der Waals surface area (Å²) in [5.74, 6) is -1.15. The SMILES string of the molecule is Cc1ocnc1C(C(=O)O)c1ccccc1. The van der Waals surface area contributed by atoms with E-state index in [9.17, 15) is 9.90 Å². The Hall–Kier alpha value is -2.10. The van der Waals surface area contributed by atoms with Crippen LogP contribution in [0.4, 0.5) is 0 Å². The molecule has 1 unspecified atom stereocenters. The topological polar surface area (TPSA) is 63.3 Å². The van der Waals surface area contributed by atoms with Crippen LogP contribution < -0.4 is 0 Å². The van der Waals surface area contributed by atoms with E-state index >= 15 is 0 Å². The summed E-state index contributed by atoms with van der Waals surface area (Å²) in [6.07, 6.45) is 1.27. The first-order chi connectivity index (χ1) is 7.70. The molecule has 0 aliphatic carbocycles. The van der Waals surface area contributed by atoms with Crippen LogP contribution in [-0.2, 0) is 4.79 Å². The molecule has 0 saturated heterocycles. The molecule has 16 heavy (non-hydrogen) atoms. The van der Waals surface area contributed by atoms with Gasteiger partial charge in [-0.25, -0.2) is 4.98 Å². The third kappa shape index (κ3) is 1.82. The lowest BCUT2D eigenvalue weighted by atomic mass is 9.95. The number of hydrogen-bond donors (Lipinski definition) is 1. The van der Waals surface area contributed by atoms with E-state index in [0.717, 1.165) is 0 Å². The molecule has 82 valence electrons. The zero-order valence-electron chi connectivity index (χ0n) is 8.75. The average Bonchev–Trinajstić information content (AvgIpc) is 2.66. The number of carboxylic acids is 1. The van der Waals surface area contributed by atoms with E-state index in [-0.39, 0.29) is 0 Å². The molecular formula is C12H11NO3. The van der Waals surface area contributed by atoms with Gasteiger partial charge in [-0.1, -0.05) is 30.3 Å². The van der Waals surface area contributed by atoms with Crippen LogP contribution in [0.15, 0.2) is 41.1 Å². The van der Waals surface area contributed by atoms with E-state index in [1.54, 1.807) is 31.2 Å². The van der Waals surface area contributed by atoms with Crippen LogP contribution in [-0.4, -0.2) is 16.1 Å². The Balaban J connectivity index is 2.48. The van der Waals surface area contributed by atoms with E-state index in [2.05, 4.69) is 4.98 Å². The Kier molecular flexibility index (Phi) is 2.72. The molecule has 1 aromatic carbocycles. The van der Waals surface area contributed by atoms with Gasteiger partial charge in [-0.3, -0.25) is 4.79 Å². The van der Waals surface area contributed by atoms with Crippen LogP contribution in [0.3, 0.4) is 0 Å². The van der Waals surface area contributed by atoms with Gasteiger partial charge < -0.3 is 9.52 Å². The van der Waals surface area contributed by atoms with Crippen LogP contribution in [0, 0.1) is 6.92 Å². The van der Waals surface area contributed by atoms with Crippen molar-refractivity contribution in [2.75, 3.05) is 0 Å². The maximum atomic E-state index is 11.3. The van der Waals surface area contributed by atoms with Crippen molar-refractivity contribution < 1.29 is 14.3 Å². The fourth-order valence-electron chi connectivity index (χ4n) is 1.65. The second-order valence-electron chi connectivity index (χ2n) is 3.48. The van der Waals surface area contributed by atoms with E-state index in [4.69, 9.17) is 4.42 Å². The highest BCUT2D eigenvalue weighted by molar-refractivity contribution is 5.79. The predicted octanol–water partition coefficient (Wildman–Crippen LogP) is 2.20. The molecule has 1 N–H and O–H groups in total. The van der Waals surface area contributed by atoms with Gasteiger partial charge in [0.05, 0.1) is 0 Å². The molecule has 2 rings (SSSR count). The van der Waals surface area contributed by atoms with Gasteiger partial charge in [0.25, 0.3) is 0 Å². The first-order valence-corrected chi connectivity index (χ1v) is 4.88. The summed E-state index contributed by atoms with van der Waals surface area (Å²) in [7, 11) is 0. The van der Waals surface area contributed by atoms with Gasteiger partial charge in [0.1, 0.15) is 17.4 Å². The van der Waals surface area contributed by atoms with E-state index < -0.39 is 11.9 Å². The van der Waals surface area contributed by atoms with E-state index in [1.165, 1.54) is 6.39 Å². The number of benzene rings is 1. The molecule has 0 aliphatic rings. The highest BCUT2D eigenvalue weighted by Gasteiger charge is 2.26. The number of oxazole rings is 1. The largest absolute Gasteiger partial charge is 0.480 e. The Morgan fingerprint density at radius 3 is 2.56 bits per heavy atom. The Labute approximate surface area is 92.6 Å². The van der Waals surface area contributed by atoms with E-state index in [0.29, 0.717) is 17.0 Å². The maximum Gasteiger partial charge on any atom is 0.317 e. The van der Waals surface area contributed by atoms with Crippen LogP contribution in [0.2, 0.25) is 0 Å². The molecule has 1 aromatic heterocycles. The Morgan fingerprint density at radius 2 is 2.06 bits per heavy atom. The maximum absolute atomic E-state index is 11.3. The first-order valence-electron chi connectivity index (χ1n) is 4.88. The van der Waals surface area contributed by atoms with Crippen molar-refractivity contribution in [3.63, 3.8) is 0 Å². The number of aromatic nitrogens is 1. The van der Waals surface area contributed by atoms with Crippen LogP contribution in [0.5, 0.6) is 0 Å². The van der Waals surface area contributed by atoms with Crippen molar-refractivity contribution in [1.29, 1.82) is 0 Å². The minimum Gasteiger partial charge on any atom is -0.480 e. The zero-order valence-corrected chi connectivity index (χ0v) is 8.75. The summed E-state index contributed by atoms with van der Waals surface area (Å²) in [6, 6.07) is 9.00. The molecule has 0 saturated carbocycles. The molecule has 2 aromatic rings. The quantitative estimate of drug-likeness (QED) is 0.856. The standard InChI is InChI=1S/C12H11NO3/c1-8-11(13-7-16-8)10(12(14)15)9-5-3-2-4-6-9/h2-7,10H,1H3,(H,14,15). The van der Waals surface area contributed by atoms with Gasteiger partial charge in [-0.05, 0) is 12.5 Å². The molecule has 1 atom stereocenters. The number of aliphatic carboxylic acids is 1. The molecule has 4 heteroatoms. The van der Waals surface area contributed by atoms with Crippen molar-refractivity contribution in [3.05, 3.63) is 53.7 Å². The molecule has 0 amide bonds. The lowest BCUT2D eigenvalue weighted by Crippen LogP contribution is -2.14. The second-order valence-corrected chi connectivity index (χ2v) is 3.48. The molecule has 0 spiro atoms. The van der Waals surface area contributed by atoms with Crippen molar-refractivity contribution >= 4 is 5.97 Å². The van der Waals surface area contributed by atoms with E-state index in [1.807, 2.05) is 6.07 Å². The third-order valence-electron chi connectivity index (χ3n) is 2.44. The van der Waals surface area contributed by atoms with Crippen LogP contribution in [0.25, 0.3) is 0 Å². The summed E-state index contributed by atoms with van der Waals surface area (Å²) in [4.78, 5) is 15.2. The van der Waals surface area contributed by atoms with Crippen LogP contribution in [0.1, 0.15) is 22.9 Å². The lowest BCUT2D eigenvalue weighted by molar-refractivity contribution is -0.137. The zero-order chi connectivity index (χ0) is 11.5. The molecule has 0 bridgehead atoms. The molecule has 4 nitrogen and oxygen atoms in total. The smallest absolute Gasteiger partial charge is 0.317 e.